The van der Waals surface area contributed by atoms with Gasteiger partial charge in [0.05, 0.1) is 12.0 Å². The second-order valence-electron chi connectivity index (χ2n) is 13.0. The molecule has 0 bridgehead atoms. The largest absolute Gasteiger partial charge is 0.443 e. The van der Waals surface area contributed by atoms with Crippen LogP contribution in [0.3, 0.4) is 0 Å². The highest BCUT2D eigenvalue weighted by molar-refractivity contribution is 7.87. The summed E-state index contributed by atoms with van der Waals surface area (Å²) in [5.41, 5.74) is 2.76. The fourth-order valence-corrected chi connectivity index (χ4v) is 7.73. The number of hydrogen-bond donors (Lipinski definition) is 1. The van der Waals surface area contributed by atoms with Crippen molar-refractivity contribution in [2.75, 3.05) is 6.54 Å². The summed E-state index contributed by atoms with van der Waals surface area (Å²) in [6.45, 7) is 5.24. The zero-order chi connectivity index (χ0) is 32.6. The van der Waals surface area contributed by atoms with Gasteiger partial charge >= 0.3 is 16.3 Å². The third-order valence-corrected chi connectivity index (χ3v) is 9.99. The number of amides is 1. The van der Waals surface area contributed by atoms with Crippen molar-refractivity contribution in [2.24, 2.45) is 0 Å². The molecule has 1 heterocycles. The smallest absolute Gasteiger partial charge is 0.425 e. The van der Waals surface area contributed by atoms with E-state index < -0.39 is 27.4 Å². The lowest BCUT2D eigenvalue weighted by molar-refractivity contribution is 0.0386. The SMILES string of the molecule is CC(C)(C)OC(=O)N(CCCCc1cn(C(c2ccccc2)(c2ccccc2)c2ccccc2)cn1)S(=O)(=O)NC1CCCCC1. The number of rotatable bonds is 12. The molecule has 5 rings (SSSR count). The van der Waals surface area contributed by atoms with Gasteiger partial charge in [-0.15, -0.1) is 0 Å². The Labute approximate surface area is 274 Å². The highest BCUT2D eigenvalue weighted by Crippen LogP contribution is 2.40. The van der Waals surface area contributed by atoms with Crippen LogP contribution in [0.15, 0.2) is 104 Å². The van der Waals surface area contributed by atoms with Crippen LogP contribution in [0.1, 0.15) is 88.1 Å². The molecule has 1 aliphatic carbocycles. The van der Waals surface area contributed by atoms with E-state index in [2.05, 4.69) is 88.3 Å². The Bertz CT molecular complexity index is 1550. The lowest BCUT2D eigenvalue weighted by atomic mass is 9.77. The van der Waals surface area contributed by atoms with Crippen molar-refractivity contribution < 1.29 is 17.9 Å². The van der Waals surface area contributed by atoms with Crippen LogP contribution in [0.2, 0.25) is 0 Å². The van der Waals surface area contributed by atoms with Crippen LogP contribution in [0, 0.1) is 0 Å². The molecule has 244 valence electrons. The van der Waals surface area contributed by atoms with Gasteiger partial charge in [0.15, 0.2) is 0 Å². The van der Waals surface area contributed by atoms with E-state index in [9.17, 15) is 13.2 Å². The number of imidazole rings is 1. The summed E-state index contributed by atoms with van der Waals surface area (Å²) in [6.07, 6.45) is 9.47. The molecular formula is C37H46N4O4S. The van der Waals surface area contributed by atoms with Gasteiger partial charge in [0.1, 0.15) is 11.1 Å². The number of carbonyl (C=O) groups excluding carboxylic acids is 1. The highest BCUT2D eigenvalue weighted by atomic mass is 32.2. The molecule has 46 heavy (non-hydrogen) atoms. The van der Waals surface area contributed by atoms with Crippen molar-refractivity contribution in [2.45, 2.75) is 89.3 Å². The van der Waals surface area contributed by atoms with E-state index in [-0.39, 0.29) is 12.6 Å². The number of ether oxygens (including phenoxy) is 1. The molecule has 1 fully saturated rings. The first kappa shape index (κ1) is 33.4. The van der Waals surface area contributed by atoms with Gasteiger partial charge in [-0.05, 0) is 69.6 Å². The van der Waals surface area contributed by atoms with E-state index in [4.69, 9.17) is 9.72 Å². The fraction of sp³-hybridized carbons (Fsp3) is 0.405. The normalized spacial score (nSPS) is 14.6. The standard InChI is InChI=1S/C37H46N4O4S/c1-36(2,3)45-35(42)41(46(43,44)39-33-24-14-7-15-25-33)27-17-16-26-34-28-40(29-38-34)37(30-18-8-4-9-19-30,31-20-10-5-11-21-31)32-22-12-6-13-23-32/h4-6,8-13,18-23,28-29,33,39H,7,14-17,24-27H2,1-3H3. The Morgan fingerprint density at radius 2 is 1.37 bits per heavy atom. The number of nitrogens with one attached hydrogen (secondary N) is 1. The molecule has 0 unspecified atom stereocenters. The van der Waals surface area contributed by atoms with Crippen molar-refractivity contribution in [1.82, 2.24) is 18.6 Å². The molecule has 1 aromatic heterocycles. The van der Waals surface area contributed by atoms with Crippen LogP contribution < -0.4 is 4.72 Å². The maximum atomic E-state index is 13.4. The van der Waals surface area contributed by atoms with Crippen molar-refractivity contribution >= 4 is 16.3 Å². The molecule has 4 aromatic rings. The van der Waals surface area contributed by atoms with Crippen LogP contribution in [-0.4, -0.2) is 46.6 Å². The minimum Gasteiger partial charge on any atom is -0.443 e. The zero-order valence-electron chi connectivity index (χ0n) is 27.1. The summed E-state index contributed by atoms with van der Waals surface area (Å²) in [5.74, 6) is 0. The third-order valence-electron chi connectivity index (χ3n) is 8.45. The molecule has 0 aliphatic heterocycles. The van der Waals surface area contributed by atoms with Crippen LogP contribution in [0.4, 0.5) is 4.79 Å². The summed E-state index contributed by atoms with van der Waals surface area (Å²) in [5, 5.41) is 0. The fourth-order valence-electron chi connectivity index (χ4n) is 6.34. The molecule has 0 radical (unpaired) electrons. The summed E-state index contributed by atoms with van der Waals surface area (Å²) >= 11 is 0. The first-order chi connectivity index (χ1) is 22.1. The van der Waals surface area contributed by atoms with Gasteiger partial charge in [0, 0.05) is 18.8 Å². The second kappa shape index (κ2) is 14.6. The zero-order valence-corrected chi connectivity index (χ0v) is 28.0. The number of aromatic nitrogens is 2. The molecule has 1 saturated carbocycles. The maximum Gasteiger partial charge on any atom is 0.425 e. The molecule has 0 saturated heterocycles. The topological polar surface area (TPSA) is 93.5 Å². The van der Waals surface area contributed by atoms with Gasteiger partial charge in [-0.25, -0.2) is 9.78 Å². The number of unbranched alkanes of at least 4 members (excludes halogenated alkanes) is 1. The molecule has 3 aromatic carbocycles. The van der Waals surface area contributed by atoms with Crippen molar-refractivity contribution in [1.29, 1.82) is 0 Å². The number of nitrogens with zero attached hydrogens (tertiary/aromatic N) is 3. The van der Waals surface area contributed by atoms with Gasteiger partial charge in [-0.2, -0.15) is 17.4 Å². The van der Waals surface area contributed by atoms with Crippen LogP contribution in [0.25, 0.3) is 0 Å². The number of aryl methyl sites for hydroxylation is 1. The second-order valence-corrected chi connectivity index (χ2v) is 14.7. The van der Waals surface area contributed by atoms with E-state index in [0.717, 1.165) is 58.8 Å². The van der Waals surface area contributed by atoms with E-state index >= 15 is 0 Å². The maximum absolute atomic E-state index is 13.4. The summed E-state index contributed by atoms with van der Waals surface area (Å²) in [6, 6.07) is 31.1. The molecule has 1 amide bonds. The number of benzene rings is 3. The minimum absolute atomic E-state index is 0.0274. The molecule has 9 heteroatoms. The van der Waals surface area contributed by atoms with Crippen LogP contribution >= 0.6 is 0 Å². The lowest BCUT2D eigenvalue weighted by Gasteiger charge is -2.37. The Morgan fingerprint density at radius 1 is 0.848 bits per heavy atom. The van der Waals surface area contributed by atoms with E-state index in [1.165, 1.54) is 0 Å². The third kappa shape index (κ3) is 7.88. The lowest BCUT2D eigenvalue weighted by Crippen LogP contribution is -2.50. The van der Waals surface area contributed by atoms with E-state index in [1.807, 2.05) is 24.5 Å². The van der Waals surface area contributed by atoms with E-state index in [0.29, 0.717) is 19.3 Å². The predicted octanol–water partition coefficient (Wildman–Crippen LogP) is 7.45. The van der Waals surface area contributed by atoms with Gasteiger partial charge in [-0.3, -0.25) is 0 Å². The Balaban J connectivity index is 1.36. The average Bonchev–Trinajstić information content (AvgIpc) is 3.51. The molecule has 0 atom stereocenters. The Kier molecular flexibility index (Phi) is 10.6. The van der Waals surface area contributed by atoms with Gasteiger partial charge in [0.2, 0.25) is 0 Å². The summed E-state index contributed by atoms with van der Waals surface area (Å²) in [7, 11) is -4.06. The van der Waals surface area contributed by atoms with Gasteiger partial charge < -0.3 is 9.30 Å². The van der Waals surface area contributed by atoms with E-state index in [1.54, 1.807) is 20.8 Å². The quantitative estimate of drug-likeness (QED) is 0.128. The summed E-state index contributed by atoms with van der Waals surface area (Å²) < 4.78 is 38.1. The molecular weight excluding hydrogens is 596 g/mol. The Morgan fingerprint density at radius 3 is 1.87 bits per heavy atom. The predicted molar refractivity (Wildman–Crippen MR) is 182 cm³/mol. The summed E-state index contributed by atoms with van der Waals surface area (Å²) in [4.78, 5) is 17.9. The van der Waals surface area contributed by atoms with Crippen LogP contribution in [-0.2, 0) is 26.9 Å². The molecule has 1 aliphatic rings. The van der Waals surface area contributed by atoms with Gasteiger partial charge in [-0.1, -0.05) is 110 Å². The molecule has 8 nitrogen and oxygen atoms in total. The monoisotopic (exact) mass is 642 g/mol. The first-order valence-corrected chi connectivity index (χ1v) is 17.8. The first-order valence-electron chi connectivity index (χ1n) is 16.3. The molecule has 1 N–H and O–H groups in total. The molecule has 0 spiro atoms. The van der Waals surface area contributed by atoms with Gasteiger partial charge in [0.25, 0.3) is 0 Å². The highest BCUT2D eigenvalue weighted by Gasteiger charge is 2.38. The number of carbonyl (C=O) groups is 1. The van der Waals surface area contributed by atoms with Crippen molar-refractivity contribution in [3.8, 4) is 0 Å². The van der Waals surface area contributed by atoms with Crippen LogP contribution in [0.5, 0.6) is 0 Å². The number of hydrogen-bond acceptors (Lipinski definition) is 5. The van der Waals surface area contributed by atoms with Crippen molar-refractivity contribution in [3.63, 3.8) is 0 Å². The minimum atomic E-state index is -4.06. The Hall–Kier alpha value is -3.95. The van der Waals surface area contributed by atoms with Crippen molar-refractivity contribution in [3.05, 3.63) is 126 Å². The average molecular weight is 643 g/mol.